The van der Waals surface area contributed by atoms with Crippen LogP contribution in [-0.2, 0) is 15.3 Å². The highest BCUT2D eigenvalue weighted by molar-refractivity contribution is 7.99. The molecule has 1 amide bonds. The molecule has 1 heterocycles. The number of benzene rings is 1. The van der Waals surface area contributed by atoms with Crippen molar-refractivity contribution in [2.45, 2.75) is 56.7 Å². The van der Waals surface area contributed by atoms with Crippen molar-refractivity contribution in [1.29, 1.82) is 0 Å². The highest BCUT2D eigenvalue weighted by Crippen LogP contribution is 2.35. The molecule has 4 nitrogen and oxygen atoms in total. The van der Waals surface area contributed by atoms with E-state index in [1.807, 2.05) is 0 Å². The van der Waals surface area contributed by atoms with Crippen LogP contribution in [0.15, 0.2) is 24.3 Å². The van der Waals surface area contributed by atoms with Crippen molar-refractivity contribution in [2.24, 2.45) is 5.92 Å². The van der Waals surface area contributed by atoms with E-state index in [-0.39, 0.29) is 17.2 Å². The number of thiol groups is 1. The molecule has 0 aliphatic carbocycles. The van der Waals surface area contributed by atoms with Gasteiger partial charge in [-0.3, -0.25) is 4.79 Å². The van der Waals surface area contributed by atoms with E-state index >= 15 is 0 Å². The summed E-state index contributed by atoms with van der Waals surface area (Å²) < 4.78 is 0. The van der Waals surface area contributed by atoms with Crippen molar-refractivity contribution in [3.8, 4) is 0 Å². The maximum Gasteiger partial charge on any atom is 0.326 e. The highest BCUT2D eigenvalue weighted by Gasteiger charge is 2.42. The van der Waals surface area contributed by atoms with Crippen LogP contribution in [0.2, 0.25) is 0 Å². The summed E-state index contributed by atoms with van der Waals surface area (Å²) >= 11 is 5.85. The van der Waals surface area contributed by atoms with Gasteiger partial charge in [-0.2, -0.15) is 12.6 Å². The Morgan fingerprint density at radius 3 is 2.40 bits per heavy atom. The molecule has 1 saturated heterocycles. The van der Waals surface area contributed by atoms with E-state index in [0.717, 1.165) is 12.2 Å². The second-order valence-corrected chi connectivity index (χ2v) is 8.45. The first-order chi connectivity index (χ1) is 11.8. The number of likely N-dealkylation sites (tertiary alicyclic amines) is 1. The predicted octanol–water partition coefficient (Wildman–Crippen LogP) is 4.01. The van der Waals surface area contributed by atoms with Crippen molar-refractivity contribution in [3.05, 3.63) is 35.4 Å². The molecule has 6 heteroatoms. The molecule has 0 aromatic heterocycles. The standard InChI is InChI=1S/C19H27NO3S2/c1-12(2)15-6-4-14(5-7-15)11-25-17-9-8-16(19(22)23)20(17)18(21)13(3)10-24/h4-7,12-13,16-17,24H,8-11H2,1-3H3,(H,22,23)/t13-,16+,17+/m1/s1. The van der Waals surface area contributed by atoms with Crippen molar-refractivity contribution < 1.29 is 14.7 Å². The summed E-state index contributed by atoms with van der Waals surface area (Å²) in [5, 5.41) is 9.37. The molecule has 25 heavy (non-hydrogen) atoms. The number of carboxylic acid groups (broad SMARTS) is 1. The third kappa shape index (κ3) is 4.94. The van der Waals surface area contributed by atoms with E-state index in [0.29, 0.717) is 18.1 Å². The Kier molecular flexibility index (Phi) is 7.25. The number of carbonyl (C=O) groups is 2. The number of hydrogen-bond acceptors (Lipinski definition) is 4. The molecule has 0 spiro atoms. The lowest BCUT2D eigenvalue weighted by atomic mass is 10.0. The molecule has 0 saturated carbocycles. The highest BCUT2D eigenvalue weighted by atomic mass is 32.2. The molecule has 1 N–H and O–H groups in total. The Bertz CT molecular complexity index is 603. The van der Waals surface area contributed by atoms with Gasteiger partial charge in [0.05, 0.1) is 5.37 Å². The summed E-state index contributed by atoms with van der Waals surface area (Å²) in [5.41, 5.74) is 2.50. The zero-order chi connectivity index (χ0) is 18.6. The van der Waals surface area contributed by atoms with Crippen LogP contribution >= 0.6 is 24.4 Å². The van der Waals surface area contributed by atoms with E-state index in [1.54, 1.807) is 23.6 Å². The zero-order valence-electron chi connectivity index (χ0n) is 15.0. The van der Waals surface area contributed by atoms with E-state index in [4.69, 9.17) is 0 Å². The monoisotopic (exact) mass is 381 g/mol. The van der Waals surface area contributed by atoms with Crippen LogP contribution in [0.25, 0.3) is 0 Å². The Hall–Kier alpha value is -1.14. The lowest BCUT2D eigenvalue weighted by Crippen LogP contribution is -2.46. The Balaban J connectivity index is 2.06. The minimum Gasteiger partial charge on any atom is -0.480 e. The van der Waals surface area contributed by atoms with Gasteiger partial charge in [-0.15, -0.1) is 11.8 Å². The summed E-state index contributed by atoms with van der Waals surface area (Å²) in [6.07, 6.45) is 1.24. The van der Waals surface area contributed by atoms with Gasteiger partial charge in [0.2, 0.25) is 5.91 Å². The minimum absolute atomic E-state index is 0.0827. The molecular weight excluding hydrogens is 354 g/mol. The Morgan fingerprint density at radius 1 is 1.24 bits per heavy atom. The summed E-state index contributed by atoms with van der Waals surface area (Å²) in [6, 6.07) is 7.81. The van der Waals surface area contributed by atoms with Gasteiger partial charge in [-0.25, -0.2) is 4.79 Å². The number of aliphatic carboxylic acids is 1. The lowest BCUT2D eigenvalue weighted by Gasteiger charge is -2.30. The predicted molar refractivity (Wildman–Crippen MR) is 106 cm³/mol. The van der Waals surface area contributed by atoms with Crippen LogP contribution in [0.4, 0.5) is 0 Å². The lowest BCUT2D eigenvalue weighted by molar-refractivity contribution is -0.149. The minimum atomic E-state index is -0.913. The van der Waals surface area contributed by atoms with Gasteiger partial charge in [0.15, 0.2) is 0 Å². The Labute approximate surface area is 159 Å². The van der Waals surface area contributed by atoms with Crippen LogP contribution in [0.3, 0.4) is 0 Å². The topological polar surface area (TPSA) is 57.6 Å². The molecule has 1 aromatic carbocycles. The molecule has 0 bridgehead atoms. The largest absolute Gasteiger partial charge is 0.480 e. The van der Waals surface area contributed by atoms with Crippen molar-refractivity contribution in [2.75, 3.05) is 5.75 Å². The first-order valence-electron chi connectivity index (χ1n) is 8.71. The number of carbonyl (C=O) groups excluding carboxylic acids is 1. The second kappa shape index (κ2) is 8.99. The van der Waals surface area contributed by atoms with Gasteiger partial charge < -0.3 is 10.0 Å². The molecule has 1 aliphatic heterocycles. The fraction of sp³-hybridized carbons (Fsp3) is 0.579. The van der Waals surface area contributed by atoms with E-state index in [2.05, 4.69) is 50.7 Å². The summed E-state index contributed by atoms with van der Waals surface area (Å²) in [6.45, 7) is 6.14. The molecule has 0 unspecified atom stereocenters. The van der Waals surface area contributed by atoms with Gasteiger partial charge >= 0.3 is 5.97 Å². The molecule has 1 aliphatic rings. The van der Waals surface area contributed by atoms with Gasteiger partial charge in [-0.1, -0.05) is 45.0 Å². The fourth-order valence-corrected chi connectivity index (χ4v) is 4.45. The number of hydrogen-bond donors (Lipinski definition) is 2. The smallest absolute Gasteiger partial charge is 0.326 e. The van der Waals surface area contributed by atoms with Gasteiger partial charge in [0.1, 0.15) is 6.04 Å². The zero-order valence-corrected chi connectivity index (χ0v) is 16.7. The van der Waals surface area contributed by atoms with Gasteiger partial charge in [-0.05, 0) is 29.9 Å². The maximum absolute atomic E-state index is 12.6. The van der Waals surface area contributed by atoms with E-state index in [1.165, 1.54) is 11.1 Å². The van der Waals surface area contributed by atoms with Gasteiger partial charge in [0, 0.05) is 17.4 Å². The van der Waals surface area contributed by atoms with Crippen LogP contribution < -0.4 is 0 Å². The van der Waals surface area contributed by atoms with E-state index < -0.39 is 12.0 Å². The van der Waals surface area contributed by atoms with Crippen molar-refractivity contribution in [3.63, 3.8) is 0 Å². The third-order valence-corrected chi connectivity index (χ3v) is 6.55. The number of nitrogens with zero attached hydrogens (tertiary/aromatic N) is 1. The number of thioether (sulfide) groups is 1. The fourth-order valence-electron chi connectivity index (χ4n) is 3.00. The summed E-state index contributed by atoms with van der Waals surface area (Å²) in [4.78, 5) is 25.7. The SMILES string of the molecule is CC(C)c1ccc(CS[C@H]2CC[C@@H](C(=O)O)N2C(=O)[C@H](C)CS)cc1. The first-order valence-corrected chi connectivity index (χ1v) is 10.4. The van der Waals surface area contributed by atoms with Crippen molar-refractivity contribution in [1.82, 2.24) is 4.90 Å². The number of amides is 1. The molecule has 2 rings (SSSR count). The average molecular weight is 382 g/mol. The quantitative estimate of drug-likeness (QED) is 0.701. The van der Waals surface area contributed by atoms with Crippen molar-refractivity contribution >= 4 is 36.3 Å². The van der Waals surface area contributed by atoms with Crippen LogP contribution in [0.1, 0.15) is 50.7 Å². The molecule has 0 radical (unpaired) electrons. The van der Waals surface area contributed by atoms with Crippen LogP contribution in [-0.4, -0.2) is 39.1 Å². The van der Waals surface area contributed by atoms with Crippen LogP contribution in [0, 0.1) is 5.92 Å². The normalized spacial score (nSPS) is 21.6. The Morgan fingerprint density at radius 2 is 1.88 bits per heavy atom. The summed E-state index contributed by atoms with van der Waals surface area (Å²) in [5.74, 6) is 0.418. The van der Waals surface area contributed by atoms with E-state index in [9.17, 15) is 14.7 Å². The molecule has 138 valence electrons. The van der Waals surface area contributed by atoms with Gasteiger partial charge in [0.25, 0.3) is 0 Å². The molecule has 3 atom stereocenters. The molecule has 1 fully saturated rings. The number of rotatable bonds is 7. The number of carboxylic acids is 1. The first kappa shape index (κ1) is 20.2. The third-order valence-electron chi connectivity index (χ3n) is 4.66. The average Bonchev–Trinajstić information content (AvgIpc) is 3.03. The molecular formula is C19H27NO3S2. The maximum atomic E-state index is 12.6. The second-order valence-electron chi connectivity index (χ2n) is 6.92. The molecule has 1 aromatic rings. The summed E-state index contributed by atoms with van der Waals surface area (Å²) in [7, 11) is 0. The van der Waals surface area contributed by atoms with Crippen LogP contribution in [0.5, 0.6) is 0 Å².